The van der Waals surface area contributed by atoms with Gasteiger partial charge in [0.2, 0.25) is 0 Å². The fraction of sp³-hybridized carbons (Fsp3) is 0.909. The lowest BCUT2D eigenvalue weighted by Crippen LogP contribution is -2.34. The summed E-state index contributed by atoms with van der Waals surface area (Å²) in [5.74, 6) is 5.30. The lowest BCUT2D eigenvalue weighted by Gasteiger charge is -2.25. The van der Waals surface area contributed by atoms with Crippen LogP contribution in [0.2, 0.25) is 0 Å². The number of hydrogen-bond donors (Lipinski definition) is 0. The first-order chi connectivity index (χ1) is 6.35. The van der Waals surface area contributed by atoms with Crippen LogP contribution in [0.5, 0.6) is 0 Å². The molecule has 0 bridgehead atoms. The third-order valence-electron chi connectivity index (χ3n) is 3.30. The van der Waals surface area contributed by atoms with Gasteiger partial charge in [0.05, 0.1) is 0 Å². The first-order valence-electron chi connectivity index (χ1n) is 5.47. The molecule has 2 atom stereocenters. The Hall–Kier alpha value is -0.0200. The molecule has 2 unspecified atom stereocenters. The van der Waals surface area contributed by atoms with Crippen molar-refractivity contribution in [2.45, 2.75) is 39.4 Å². The third-order valence-corrected chi connectivity index (χ3v) is 5.98. The summed E-state index contributed by atoms with van der Waals surface area (Å²) in [7, 11) is -2.01. The second-order valence-electron chi connectivity index (χ2n) is 4.92. The second kappa shape index (κ2) is 4.23. The highest BCUT2D eigenvalue weighted by Gasteiger charge is 2.30. The van der Waals surface area contributed by atoms with Crippen molar-refractivity contribution in [2.75, 3.05) is 13.1 Å². The lowest BCUT2D eigenvalue weighted by atomic mass is 9.96. The average Bonchev–Trinajstić information content (AvgIpc) is 2.51. The van der Waals surface area contributed by atoms with E-state index in [-0.39, 0.29) is 5.25 Å². The van der Waals surface area contributed by atoms with Gasteiger partial charge in [0, 0.05) is 28.0 Å². The molecule has 0 aliphatic carbocycles. The van der Waals surface area contributed by atoms with Crippen molar-refractivity contribution < 1.29 is 4.21 Å². The zero-order valence-electron chi connectivity index (χ0n) is 9.82. The fourth-order valence-corrected chi connectivity index (χ4v) is 3.33. The summed E-state index contributed by atoms with van der Waals surface area (Å²) in [5.41, 5.74) is 0. The monoisotopic (exact) mass is 217 g/mol. The quantitative estimate of drug-likeness (QED) is 0.662. The molecular formula is C11H23NOS. The first-order valence-corrected chi connectivity index (χ1v) is 7.21. The van der Waals surface area contributed by atoms with Gasteiger partial charge in [-0.05, 0) is 24.1 Å². The van der Waals surface area contributed by atoms with Gasteiger partial charge in [-0.25, -0.2) is 4.31 Å². The van der Waals surface area contributed by atoms with Gasteiger partial charge in [-0.3, -0.25) is 4.21 Å². The number of nitrogens with zero attached hydrogens (tertiary/aromatic N) is 1. The van der Waals surface area contributed by atoms with Gasteiger partial charge in [0.1, 0.15) is 0 Å². The van der Waals surface area contributed by atoms with Crippen molar-refractivity contribution in [1.82, 2.24) is 4.31 Å². The summed E-state index contributed by atoms with van der Waals surface area (Å²) in [6, 6.07) is 0. The first kappa shape index (κ1) is 12.1. The Morgan fingerprint density at radius 3 is 2.29 bits per heavy atom. The Kier molecular flexibility index (Phi) is 3.64. The highest BCUT2D eigenvalue weighted by molar-refractivity contribution is 7.98. The summed E-state index contributed by atoms with van der Waals surface area (Å²) >= 11 is 0. The second-order valence-corrected chi connectivity index (χ2v) is 7.76. The van der Waals surface area contributed by atoms with Gasteiger partial charge < -0.3 is 0 Å². The van der Waals surface area contributed by atoms with Crippen LogP contribution in [0, 0.1) is 11.8 Å². The van der Waals surface area contributed by atoms with Gasteiger partial charge in [-0.15, -0.1) is 0 Å². The van der Waals surface area contributed by atoms with E-state index in [1.807, 2.05) is 13.8 Å². The smallest absolute Gasteiger partial charge is 0.0347 e. The van der Waals surface area contributed by atoms with Crippen LogP contribution in [0.4, 0.5) is 0 Å². The Morgan fingerprint density at radius 1 is 1.36 bits per heavy atom. The molecule has 1 fully saturated rings. The molecule has 1 aliphatic heterocycles. The number of hydrogen-bond acceptors (Lipinski definition) is 1. The van der Waals surface area contributed by atoms with Crippen LogP contribution < -0.4 is 0 Å². The molecule has 3 heteroatoms. The standard InChI is InChI=1S/C11H23NOS/c1-9(2)11-6-7-12(8-11)14(5,13)10(3)4/h9-11H,5-8H2,1-4H3. The van der Waals surface area contributed by atoms with Crippen LogP contribution in [0.3, 0.4) is 0 Å². The van der Waals surface area contributed by atoms with Crippen molar-refractivity contribution in [3.05, 3.63) is 0 Å². The SMILES string of the molecule is C=S(=O)(C(C)C)N1CCC(C(C)C)C1. The highest BCUT2D eigenvalue weighted by atomic mass is 32.2. The molecule has 0 amide bonds. The van der Waals surface area contributed by atoms with Gasteiger partial charge in [0.25, 0.3) is 0 Å². The summed E-state index contributed by atoms with van der Waals surface area (Å²) in [4.78, 5) is 0. The third kappa shape index (κ3) is 2.31. The molecule has 0 aromatic carbocycles. The van der Waals surface area contributed by atoms with Gasteiger partial charge in [-0.2, -0.15) is 0 Å². The zero-order valence-corrected chi connectivity index (χ0v) is 10.6. The van der Waals surface area contributed by atoms with E-state index >= 15 is 0 Å². The molecule has 1 rings (SSSR count). The molecule has 1 aliphatic rings. The predicted molar refractivity (Wildman–Crippen MR) is 64.9 cm³/mol. The molecule has 84 valence electrons. The van der Waals surface area contributed by atoms with E-state index in [0.29, 0.717) is 11.8 Å². The molecule has 0 aromatic heterocycles. The minimum absolute atomic E-state index is 0.161. The molecule has 0 N–H and O–H groups in total. The number of rotatable bonds is 3. The molecule has 0 radical (unpaired) electrons. The summed E-state index contributed by atoms with van der Waals surface area (Å²) < 4.78 is 14.4. The highest BCUT2D eigenvalue weighted by Crippen LogP contribution is 2.26. The van der Waals surface area contributed by atoms with Crippen molar-refractivity contribution in [1.29, 1.82) is 0 Å². The van der Waals surface area contributed by atoms with Gasteiger partial charge in [0.15, 0.2) is 0 Å². The van der Waals surface area contributed by atoms with E-state index in [1.165, 1.54) is 6.42 Å². The Labute approximate surface area is 88.8 Å². The van der Waals surface area contributed by atoms with Crippen LogP contribution in [-0.2, 0) is 9.71 Å². The van der Waals surface area contributed by atoms with E-state index in [0.717, 1.165) is 13.1 Å². The van der Waals surface area contributed by atoms with Crippen LogP contribution in [-0.4, -0.2) is 32.7 Å². The molecule has 0 saturated carbocycles. The minimum Gasteiger partial charge on any atom is -0.252 e. The van der Waals surface area contributed by atoms with Crippen molar-refractivity contribution in [3.8, 4) is 0 Å². The van der Waals surface area contributed by atoms with Crippen LogP contribution >= 0.6 is 0 Å². The van der Waals surface area contributed by atoms with Gasteiger partial charge in [-0.1, -0.05) is 27.7 Å². The average molecular weight is 217 g/mol. The van der Waals surface area contributed by atoms with Crippen LogP contribution in [0.15, 0.2) is 0 Å². The topological polar surface area (TPSA) is 20.3 Å². The van der Waals surface area contributed by atoms with Crippen molar-refractivity contribution in [3.63, 3.8) is 0 Å². The van der Waals surface area contributed by atoms with Crippen molar-refractivity contribution >= 4 is 15.6 Å². The zero-order chi connectivity index (χ0) is 10.9. The fourth-order valence-electron chi connectivity index (χ4n) is 1.88. The molecule has 1 saturated heterocycles. The predicted octanol–water partition coefficient (Wildman–Crippen LogP) is 2.00. The Bertz CT molecular complexity index is 280. The van der Waals surface area contributed by atoms with E-state index in [9.17, 15) is 4.21 Å². The van der Waals surface area contributed by atoms with Gasteiger partial charge >= 0.3 is 0 Å². The maximum atomic E-state index is 12.3. The molecule has 2 nitrogen and oxygen atoms in total. The van der Waals surface area contributed by atoms with E-state index in [1.54, 1.807) is 0 Å². The summed E-state index contributed by atoms with van der Waals surface area (Å²) in [6.07, 6.45) is 1.18. The largest absolute Gasteiger partial charge is 0.252 e. The van der Waals surface area contributed by atoms with Crippen molar-refractivity contribution in [2.24, 2.45) is 11.8 Å². The van der Waals surface area contributed by atoms with E-state index in [4.69, 9.17) is 0 Å². The Morgan fingerprint density at radius 2 is 1.93 bits per heavy atom. The minimum atomic E-state index is -2.01. The molecular weight excluding hydrogens is 194 g/mol. The summed E-state index contributed by atoms with van der Waals surface area (Å²) in [5, 5.41) is 0.161. The Balaban J connectivity index is 2.67. The molecule has 14 heavy (non-hydrogen) atoms. The van der Waals surface area contributed by atoms with E-state index < -0.39 is 9.71 Å². The maximum Gasteiger partial charge on any atom is 0.0347 e. The normalized spacial score (nSPS) is 28.6. The van der Waals surface area contributed by atoms with Crippen LogP contribution in [0.1, 0.15) is 34.1 Å². The molecule has 0 aromatic rings. The molecule has 1 heterocycles. The molecule has 0 spiro atoms. The van der Waals surface area contributed by atoms with Crippen LogP contribution in [0.25, 0.3) is 0 Å². The summed E-state index contributed by atoms with van der Waals surface area (Å²) in [6.45, 7) is 10.4. The maximum absolute atomic E-state index is 12.3. The lowest BCUT2D eigenvalue weighted by molar-refractivity contribution is 0.395. The van der Waals surface area contributed by atoms with E-state index in [2.05, 4.69) is 24.0 Å².